The molecule has 0 unspecified atom stereocenters. The molecule has 0 rings (SSSR count). The zero-order chi connectivity index (χ0) is 8.04. The van der Waals surface area contributed by atoms with Crippen molar-refractivity contribution in [3.8, 4) is 0 Å². The summed E-state index contributed by atoms with van der Waals surface area (Å²) in [6.07, 6.45) is 0. The van der Waals surface area contributed by atoms with E-state index in [4.69, 9.17) is 5.11 Å². The Kier molecular flexibility index (Phi) is 4.54. The lowest BCUT2D eigenvalue weighted by Gasteiger charge is -1.98. The molecule has 0 atom stereocenters. The molecular weight excluding hydrogens is 158 g/mol. The second-order valence-corrected chi connectivity index (χ2v) is 3.44. The van der Waals surface area contributed by atoms with Crippen molar-refractivity contribution in [2.45, 2.75) is 0 Å². The van der Waals surface area contributed by atoms with E-state index in [1.807, 2.05) is 0 Å². The van der Waals surface area contributed by atoms with Crippen LogP contribution in [0.4, 0.5) is 0 Å². The quantitative estimate of drug-likeness (QED) is 0.479. The van der Waals surface area contributed by atoms with Crippen molar-refractivity contribution in [1.29, 1.82) is 0 Å². The Morgan fingerprint density at radius 1 is 1.40 bits per heavy atom. The molecular formula is C4H11NO4S. The smallest absolute Gasteiger partial charge is 0.211 e. The third-order valence-electron chi connectivity index (χ3n) is 0.748. The van der Waals surface area contributed by atoms with Crippen LogP contribution in [0.25, 0.3) is 0 Å². The minimum Gasteiger partial charge on any atom is -0.394 e. The van der Waals surface area contributed by atoms with Gasteiger partial charge in [-0.05, 0) is 0 Å². The van der Waals surface area contributed by atoms with Gasteiger partial charge in [0.15, 0.2) is 0 Å². The zero-order valence-electron chi connectivity index (χ0n) is 5.49. The van der Waals surface area contributed by atoms with Crippen LogP contribution in [0.5, 0.6) is 0 Å². The summed E-state index contributed by atoms with van der Waals surface area (Å²) in [5, 5.41) is 12.8. The SMILES string of the molecule is NS(=O)(=O)CCOCCO. The number of aliphatic hydroxyl groups is 1. The van der Waals surface area contributed by atoms with Crippen molar-refractivity contribution in [1.82, 2.24) is 0 Å². The molecule has 0 aliphatic carbocycles. The number of hydrogen-bond donors (Lipinski definition) is 2. The van der Waals surface area contributed by atoms with E-state index < -0.39 is 10.0 Å². The Labute approximate surface area is 59.8 Å². The lowest BCUT2D eigenvalue weighted by Crippen LogP contribution is -2.20. The van der Waals surface area contributed by atoms with E-state index in [1.54, 1.807) is 0 Å². The number of aliphatic hydroxyl groups excluding tert-OH is 1. The first kappa shape index (κ1) is 9.83. The summed E-state index contributed by atoms with van der Waals surface area (Å²) in [5.41, 5.74) is 0. The number of sulfonamides is 1. The average molecular weight is 169 g/mol. The highest BCUT2D eigenvalue weighted by Crippen LogP contribution is 1.79. The summed E-state index contributed by atoms with van der Waals surface area (Å²) in [6.45, 7) is 0.0829. The Hall–Kier alpha value is -0.170. The van der Waals surface area contributed by atoms with Gasteiger partial charge in [0.05, 0.1) is 25.6 Å². The van der Waals surface area contributed by atoms with Gasteiger partial charge in [0.25, 0.3) is 0 Å². The average Bonchev–Trinajstić information content (AvgIpc) is 1.78. The lowest BCUT2D eigenvalue weighted by molar-refractivity contribution is 0.103. The van der Waals surface area contributed by atoms with Crippen molar-refractivity contribution in [2.75, 3.05) is 25.6 Å². The Bertz CT molecular complexity index is 164. The van der Waals surface area contributed by atoms with Gasteiger partial charge >= 0.3 is 0 Å². The second kappa shape index (κ2) is 4.62. The van der Waals surface area contributed by atoms with Crippen LogP contribution in [0.2, 0.25) is 0 Å². The van der Waals surface area contributed by atoms with Crippen LogP contribution in [-0.2, 0) is 14.8 Å². The first-order chi connectivity index (χ1) is 4.56. The first-order valence-electron chi connectivity index (χ1n) is 2.75. The molecule has 3 N–H and O–H groups in total. The molecule has 0 radical (unpaired) electrons. The molecule has 0 heterocycles. The fraction of sp³-hybridized carbons (Fsp3) is 1.00. The maximum atomic E-state index is 10.2. The van der Waals surface area contributed by atoms with Gasteiger partial charge < -0.3 is 9.84 Å². The second-order valence-electron chi connectivity index (χ2n) is 1.70. The third kappa shape index (κ3) is 7.83. The summed E-state index contributed by atoms with van der Waals surface area (Å²) in [7, 11) is -3.41. The predicted molar refractivity (Wildman–Crippen MR) is 35.9 cm³/mol. The molecule has 0 bridgehead atoms. The van der Waals surface area contributed by atoms with Crippen LogP contribution in [0.3, 0.4) is 0 Å². The molecule has 5 nitrogen and oxygen atoms in total. The van der Waals surface area contributed by atoms with Crippen molar-refractivity contribution in [2.24, 2.45) is 5.14 Å². The van der Waals surface area contributed by atoms with E-state index in [0.29, 0.717) is 0 Å². The summed E-state index contributed by atoms with van der Waals surface area (Å²) in [6, 6.07) is 0. The molecule has 6 heteroatoms. The van der Waals surface area contributed by atoms with Gasteiger partial charge in [-0.25, -0.2) is 13.6 Å². The number of nitrogens with two attached hydrogens (primary N) is 1. The third-order valence-corrected chi connectivity index (χ3v) is 1.48. The van der Waals surface area contributed by atoms with Crippen LogP contribution < -0.4 is 5.14 Å². The number of primary sulfonamides is 1. The highest BCUT2D eigenvalue weighted by molar-refractivity contribution is 7.89. The molecule has 10 heavy (non-hydrogen) atoms. The highest BCUT2D eigenvalue weighted by Gasteiger charge is 2.00. The lowest BCUT2D eigenvalue weighted by atomic mass is 10.7. The molecule has 0 saturated carbocycles. The number of ether oxygens (including phenoxy) is 1. The molecule has 0 spiro atoms. The fourth-order valence-corrected chi connectivity index (χ4v) is 0.692. The minimum absolute atomic E-state index is 0.0411. The predicted octanol–water partition coefficient (Wildman–Crippen LogP) is -1.72. The Morgan fingerprint density at radius 2 is 2.00 bits per heavy atom. The molecule has 0 fully saturated rings. The van der Waals surface area contributed by atoms with Crippen molar-refractivity contribution in [3.05, 3.63) is 0 Å². The summed E-state index contributed by atoms with van der Waals surface area (Å²) >= 11 is 0. The molecule has 0 aromatic rings. The monoisotopic (exact) mass is 169 g/mol. The van der Waals surface area contributed by atoms with Gasteiger partial charge in [-0.3, -0.25) is 0 Å². The van der Waals surface area contributed by atoms with E-state index in [9.17, 15) is 8.42 Å². The van der Waals surface area contributed by atoms with Gasteiger partial charge in [0.1, 0.15) is 0 Å². The summed E-state index contributed by atoms with van der Waals surface area (Å²) in [5.74, 6) is -0.201. The molecule has 0 aliphatic heterocycles. The van der Waals surface area contributed by atoms with E-state index in [2.05, 4.69) is 9.88 Å². The van der Waals surface area contributed by atoms with Gasteiger partial charge in [0.2, 0.25) is 10.0 Å². The largest absolute Gasteiger partial charge is 0.394 e. The maximum absolute atomic E-state index is 10.2. The summed E-state index contributed by atoms with van der Waals surface area (Å²) in [4.78, 5) is 0. The van der Waals surface area contributed by atoms with E-state index >= 15 is 0 Å². The van der Waals surface area contributed by atoms with Gasteiger partial charge in [-0.1, -0.05) is 0 Å². The van der Waals surface area contributed by atoms with Crippen LogP contribution in [0.15, 0.2) is 0 Å². The Balaban J connectivity index is 3.21. The fourth-order valence-electron chi connectivity index (χ4n) is 0.342. The zero-order valence-corrected chi connectivity index (χ0v) is 6.30. The van der Waals surface area contributed by atoms with E-state index in [-0.39, 0.29) is 25.6 Å². The first-order valence-corrected chi connectivity index (χ1v) is 4.47. The van der Waals surface area contributed by atoms with Gasteiger partial charge in [0, 0.05) is 0 Å². The van der Waals surface area contributed by atoms with Crippen LogP contribution in [-0.4, -0.2) is 39.1 Å². The van der Waals surface area contributed by atoms with Gasteiger partial charge in [-0.15, -0.1) is 0 Å². The number of rotatable bonds is 5. The van der Waals surface area contributed by atoms with Gasteiger partial charge in [-0.2, -0.15) is 0 Å². The molecule has 0 aliphatic rings. The molecule has 0 amide bonds. The topological polar surface area (TPSA) is 89.6 Å². The summed E-state index contributed by atoms with van der Waals surface area (Å²) < 4.78 is 25.1. The van der Waals surface area contributed by atoms with Crippen LogP contribution >= 0.6 is 0 Å². The molecule has 0 aromatic carbocycles. The van der Waals surface area contributed by atoms with Crippen molar-refractivity contribution in [3.63, 3.8) is 0 Å². The Morgan fingerprint density at radius 3 is 2.40 bits per heavy atom. The van der Waals surface area contributed by atoms with Crippen LogP contribution in [0, 0.1) is 0 Å². The molecule has 0 aromatic heterocycles. The van der Waals surface area contributed by atoms with Crippen molar-refractivity contribution >= 4 is 10.0 Å². The number of hydrogen-bond acceptors (Lipinski definition) is 4. The van der Waals surface area contributed by atoms with Crippen LogP contribution in [0.1, 0.15) is 0 Å². The maximum Gasteiger partial charge on any atom is 0.211 e. The highest BCUT2D eigenvalue weighted by atomic mass is 32.2. The molecule has 0 saturated heterocycles. The minimum atomic E-state index is -3.41. The standard InChI is InChI=1S/C4H11NO4S/c5-10(7,8)4-3-9-2-1-6/h6H,1-4H2,(H2,5,7,8). The van der Waals surface area contributed by atoms with E-state index in [1.165, 1.54) is 0 Å². The van der Waals surface area contributed by atoms with E-state index in [0.717, 1.165) is 0 Å². The normalized spacial score (nSPS) is 11.8. The van der Waals surface area contributed by atoms with Crippen molar-refractivity contribution < 1.29 is 18.3 Å². The molecule has 62 valence electrons.